The number of hydrogen-bond donors (Lipinski definition) is 3. The number of aromatic nitrogens is 2. The lowest BCUT2D eigenvalue weighted by Gasteiger charge is -2.45. The molecular formula is C17H22N5O5+. The highest BCUT2D eigenvalue weighted by Gasteiger charge is 2.58. The molecule has 1 aromatic rings. The van der Waals surface area contributed by atoms with Gasteiger partial charge >= 0.3 is 11.8 Å². The predicted octanol–water partition coefficient (Wildman–Crippen LogP) is 0.975. The van der Waals surface area contributed by atoms with E-state index < -0.39 is 22.0 Å². The van der Waals surface area contributed by atoms with Gasteiger partial charge in [-0.1, -0.05) is 0 Å². The Balaban J connectivity index is 1.40. The van der Waals surface area contributed by atoms with Crippen LogP contribution < -0.4 is 15.9 Å². The third kappa shape index (κ3) is 2.30. The number of nitrogens with one attached hydrogen (secondary N) is 2. The van der Waals surface area contributed by atoms with Crippen LogP contribution in [0, 0.1) is 5.92 Å². The van der Waals surface area contributed by atoms with Crippen molar-refractivity contribution < 1.29 is 14.7 Å². The van der Waals surface area contributed by atoms with Gasteiger partial charge in [0.1, 0.15) is 6.10 Å². The molecule has 0 aromatic carbocycles. The number of amides is 1. The molecular weight excluding hydrogens is 354 g/mol. The summed E-state index contributed by atoms with van der Waals surface area (Å²) in [7, 11) is 2.16. The normalized spacial score (nSPS) is 37.4. The fourth-order valence-corrected chi connectivity index (χ4v) is 5.22. The van der Waals surface area contributed by atoms with E-state index >= 15 is 0 Å². The first-order chi connectivity index (χ1) is 12.8. The van der Waals surface area contributed by atoms with Gasteiger partial charge in [-0.3, -0.25) is 19.7 Å². The summed E-state index contributed by atoms with van der Waals surface area (Å²) in [6.45, 7) is 0. The molecule has 1 saturated carbocycles. The topological polar surface area (TPSA) is 128 Å². The predicted molar refractivity (Wildman–Crippen MR) is 95.2 cm³/mol. The van der Waals surface area contributed by atoms with Crippen LogP contribution >= 0.6 is 0 Å². The Morgan fingerprint density at radius 2 is 2.15 bits per heavy atom. The number of carbonyl (C=O) groups excluding carboxylic acids is 1. The highest BCUT2D eigenvalue weighted by Crippen LogP contribution is 2.55. The summed E-state index contributed by atoms with van der Waals surface area (Å²) in [6, 6.07) is 0.367. The number of fused-ring (bicyclic) bond motifs is 3. The van der Waals surface area contributed by atoms with Gasteiger partial charge in [0.25, 0.3) is 11.4 Å². The molecule has 144 valence electrons. The Labute approximate surface area is 154 Å². The Morgan fingerprint density at radius 3 is 2.89 bits per heavy atom. The van der Waals surface area contributed by atoms with Crippen molar-refractivity contribution in [1.82, 2.24) is 19.5 Å². The maximum absolute atomic E-state index is 12.8. The van der Waals surface area contributed by atoms with Gasteiger partial charge < -0.3 is 4.74 Å². The average Bonchev–Trinajstić information content (AvgIpc) is 3.38. The van der Waals surface area contributed by atoms with Gasteiger partial charge in [-0.05, 0) is 38.6 Å². The lowest BCUT2D eigenvalue weighted by Crippen LogP contribution is -2.56. The van der Waals surface area contributed by atoms with E-state index in [9.17, 15) is 19.6 Å². The molecule has 4 unspecified atom stereocenters. The van der Waals surface area contributed by atoms with Gasteiger partial charge in [0.05, 0.1) is 0 Å². The maximum atomic E-state index is 12.8. The maximum Gasteiger partial charge on any atom is 0.563 e. The monoisotopic (exact) mass is 376 g/mol. The number of hydrogen-bond acceptors (Lipinski definition) is 7. The SMILES string of the molecule is CN1C2CCC1(C1CC1)CC(OC(=O)[N+]1(O)C=Nc3c1[nH]c(=O)[nH]c3=O)C2. The highest BCUT2D eigenvalue weighted by molar-refractivity contribution is 6.01. The van der Waals surface area contributed by atoms with Gasteiger partial charge in [-0.15, -0.1) is 0 Å². The minimum atomic E-state index is -1.46. The number of rotatable bonds is 2. The van der Waals surface area contributed by atoms with Crippen molar-refractivity contribution in [2.75, 3.05) is 7.05 Å². The standard InChI is InChI=1S/C17H21N5O5/c1-21-10-4-5-17(21,9-2-3-9)7-11(6-10)27-16(25)22(26)8-18-12-13(22)19-15(24)20-14(12)23/h8-11,26H,2-7H2,1H3,(H-,19,20,23,24)/p+1. The molecule has 10 heteroatoms. The van der Waals surface area contributed by atoms with E-state index in [1.807, 2.05) is 4.98 Å². The Kier molecular flexibility index (Phi) is 3.35. The van der Waals surface area contributed by atoms with Crippen LogP contribution in [-0.2, 0) is 4.74 Å². The summed E-state index contributed by atoms with van der Waals surface area (Å²) in [5.41, 5.74) is -1.71. The van der Waals surface area contributed by atoms with Crippen LogP contribution in [0.3, 0.4) is 0 Å². The van der Waals surface area contributed by atoms with Gasteiger partial charge in [0.15, 0.2) is 0 Å². The minimum Gasteiger partial charge on any atom is -0.414 e. The highest BCUT2D eigenvalue weighted by atomic mass is 16.7. The molecule has 0 radical (unpaired) electrons. The van der Waals surface area contributed by atoms with E-state index in [0.717, 1.165) is 25.6 Å². The van der Waals surface area contributed by atoms with Crippen LogP contribution in [0.2, 0.25) is 0 Å². The van der Waals surface area contributed by atoms with Gasteiger partial charge in [0, 0.05) is 29.1 Å². The van der Waals surface area contributed by atoms with E-state index in [1.54, 1.807) is 0 Å². The number of piperidine rings is 1. The fraction of sp³-hybridized carbons (Fsp3) is 0.647. The summed E-state index contributed by atoms with van der Waals surface area (Å²) in [5.74, 6) is 0.358. The summed E-state index contributed by atoms with van der Waals surface area (Å²) < 4.78 is 4.22. The summed E-state index contributed by atoms with van der Waals surface area (Å²) in [4.78, 5) is 46.7. The van der Waals surface area contributed by atoms with Crippen molar-refractivity contribution in [2.45, 2.75) is 56.2 Å². The molecule has 5 rings (SSSR count). The first-order valence-electron chi connectivity index (χ1n) is 9.31. The van der Waals surface area contributed by atoms with Crippen molar-refractivity contribution in [2.24, 2.45) is 10.9 Å². The van der Waals surface area contributed by atoms with Crippen LogP contribution in [0.4, 0.5) is 16.3 Å². The van der Waals surface area contributed by atoms with Gasteiger partial charge in [-0.25, -0.2) is 4.79 Å². The Morgan fingerprint density at radius 1 is 1.37 bits per heavy atom. The van der Waals surface area contributed by atoms with Crippen molar-refractivity contribution >= 4 is 23.9 Å². The zero-order chi connectivity index (χ0) is 19.0. The van der Waals surface area contributed by atoms with Crippen LogP contribution in [0.5, 0.6) is 0 Å². The van der Waals surface area contributed by atoms with Crippen molar-refractivity contribution in [3.05, 3.63) is 20.8 Å². The molecule has 3 fully saturated rings. The number of nitrogens with zero attached hydrogens (tertiary/aromatic N) is 3. The zero-order valence-corrected chi connectivity index (χ0v) is 15.0. The largest absolute Gasteiger partial charge is 0.563 e. The Hall–Kier alpha value is -2.30. The van der Waals surface area contributed by atoms with Gasteiger partial charge in [-0.2, -0.15) is 15.0 Å². The number of carbonyl (C=O) groups is 1. The van der Waals surface area contributed by atoms with E-state index in [0.29, 0.717) is 18.4 Å². The lowest BCUT2D eigenvalue weighted by atomic mass is 9.82. The zero-order valence-electron chi connectivity index (χ0n) is 15.0. The van der Waals surface area contributed by atoms with Crippen molar-refractivity contribution in [3.63, 3.8) is 0 Å². The molecule has 27 heavy (non-hydrogen) atoms. The second-order valence-electron chi connectivity index (χ2n) is 8.16. The van der Waals surface area contributed by atoms with Crippen molar-refractivity contribution in [3.8, 4) is 0 Å². The number of quaternary nitrogens is 1. The molecule has 2 saturated heterocycles. The Bertz CT molecular complexity index is 965. The first-order valence-corrected chi connectivity index (χ1v) is 9.31. The molecule has 4 aliphatic rings. The van der Waals surface area contributed by atoms with Crippen LogP contribution in [0.15, 0.2) is 14.6 Å². The second-order valence-corrected chi connectivity index (χ2v) is 8.16. The quantitative estimate of drug-likeness (QED) is 0.521. The molecule has 3 N–H and O–H groups in total. The first kappa shape index (κ1) is 16.8. The van der Waals surface area contributed by atoms with Crippen LogP contribution in [0.1, 0.15) is 38.5 Å². The lowest BCUT2D eigenvalue weighted by molar-refractivity contribution is -0.0591. The fourth-order valence-electron chi connectivity index (χ4n) is 5.22. The summed E-state index contributed by atoms with van der Waals surface area (Å²) in [5, 5.41) is 10.8. The number of ether oxygens (including phenoxy) is 1. The molecule has 0 spiro atoms. The van der Waals surface area contributed by atoms with E-state index in [4.69, 9.17) is 4.74 Å². The molecule has 4 heterocycles. The molecule has 4 atom stereocenters. The smallest absolute Gasteiger partial charge is 0.414 e. The molecule has 1 amide bonds. The second kappa shape index (κ2) is 5.37. The third-order valence-electron chi connectivity index (χ3n) is 6.75. The van der Waals surface area contributed by atoms with E-state index in [1.165, 1.54) is 12.8 Å². The average molecular weight is 376 g/mol. The summed E-state index contributed by atoms with van der Waals surface area (Å²) in [6.07, 6.45) is 5.71. The molecule has 1 aromatic heterocycles. The van der Waals surface area contributed by atoms with Crippen molar-refractivity contribution in [1.29, 1.82) is 0 Å². The third-order valence-corrected chi connectivity index (χ3v) is 6.75. The molecule has 10 nitrogen and oxygen atoms in total. The van der Waals surface area contributed by atoms with E-state index in [-0.39, 0.29) is 23.1 Å². The number of hydroxylamine groups is 2. The molecule has 3 aliphatic heterocycles. The summed E-state index contributed by atoms with van der Waals surface area (Å²) >= 11 is 0. The molecule has 2 bridgehead atoms. The minimum absolute atomic E-state index is 0.0800. The number of H-pyrrole nitrogens is 2. The van der Waals surface area contributed by atoms with Crippen LogP contribution in [0.25, 0.3) is 0 Å². The van der Waals surface area contributed by atoms with Gasteiger partial charge in [0.2, 0.25) is 12.0 Å². The number of aromatic amines is 2. The molecule has 1 aliphatic carbocycles. The van der Waals surface area contributed by atoms with Crippen LogP contribution in [-0.4, -0.2) is 57.2 Å². The van der Waals surface area contributed by atoms with E-state index in [2.05, 4.69) is 21.9 Å². The number of aliphatic imine (C=N–C) groups is 1.